The van der Waals surface area contributed by atoms with Crippen LogP contribution in [0.3, 0.4) is 0 Å². The molecule has 102 valence electrons. The molecule has 0 radical (unpaired) electrons. The molecule has 5 heteroatoms. The average Bonchev–Trinajstić information content (AvgIpc) is 2.48. The maximum Gasteiger partial charge on any atom is 0.271 e. The van der Waals surface area contributed by atoms with Crippen molar-refractivity contribution in [2.24, 2.45) is 5.10 Å². The number of ether oxygens (including phenoxy) is 1. The minimum Gasteiger partial charge on any atom is -0.508 e. The lowest BCUT2D eigenvalue weighted by Crippen LogP contribution is -2.17. The molecular weight excluding hydrogens is 256 g/mol. The summed E-state index contributed by atoms with van der Waals surface area (Å²) in [5.74, 6) is 0.535. The molecule has 2 aromatic carbocycles. The predicted molar refractivity (Wildman–Crippen MR) is 76.2 cm³/mol. The number of aromatic hydroxyl groups is 1. The second kappa shape index (κ2) is 6.38. The first-order chi connectivity index (χ1) is 9.69. The van der Waals surface area contributed by atoms with E-state index in [2.05, 4.69) is 10.5 Å². The zero-order chi connectivity index (χ0) is 14.4. The average molecular weight is 270 g/mol. The minimum atomic E-state index is -0.338. The largest absolute Gasteiger partial charge is 0.508 e. The number of rotatable bonds is 4. The molecule has 0 fully saturated rings. The van der Waals surface area contributed by atoms with Gasteiger partial charge >= 0.3 is 0 Å². The molecule has 20 heavy (non-hydrogen) atoms. The monoisotopic (exact) mass is 270 g/mol. The molecule has 2 N–H and O–H groups in total. The van der Waals surface area contributed by atoms with Gasteiger partial charge in [0.25, 0.3) is 5.91 Å². The zero-order valence-corrected chi connectivity index (χ0v) is 10.9. The van der Waals surface area contributed by atoms with Crippen LogP contribution in [-0.4, -0.2) is 24.3 Å². The van der Waals surface area contributed by atoms with Gasteiger partial charge in [-0.1, -0.05) is 0 Å². The molecule has 2 aromatic rings. The molecule has 0 saturated carbocycles. The highest BCUT2D eigenvalue weighted by molar-refractivity contribution is 5.94. The standard InChI is InChI=1S/C15H14N2O3/c1-20-14-8-2-11(3-9-14)10-16-17-15(19)12-4-6-13(18)7-5-12/h2-10,18H,1H3,(H,17,19). The van der Waals surface area contributed by atoms with Gasteiger partial charge in [-0.25, -0.2) is 5.43 Å². The Kier molecular flexibility index (Phi) is 4.34. The molecule has 0 spiro atoms. The van der Waals surface area contributed by atoms with E-state index in [1.165, 1.54) is 30.5 Å². The SMILES string of the molecule is COc1ccc(C=NNC(=O)c2ccc(O)cc2)cc1. The molecule has 0 heterocycles. The summed E-state index contributed by atoms with van der Waals surface area (Å²) in [6, 6.07) is 13.2. The number of phenols is 1. The van der Waals surface area contributed by atoms with Crippen molar-refractivity contribution in [3.05, 3.63) is 59.7 Å². The van der Waals surface area contributed by atoms with Crippen LogP contribution in [0.2, 0.25) is 0 Å². The number of nitrogens with zero attached hydrogens (tertiary/aromatic N) is 1. The molecule has 5 nitrogen and oxygen atoms in total. The number of methoxy groups -OCH3 is 1. The summed E-state index contributed by atoms with van der Waals surface area (Å²) in [5, 5.41) is 13.0. The van der Waals surface area contributed by atoms with Crippen LogP contribution in [0.4, 0.5) is 0 Å². The van der Waals surface area contributed by atoms with Crippen molar-refractivity contribution in [3.63, 3.8) is 0 Å². The third-order valence-electron chi connectivity index (χ3n) is 2.63. The summed E-state index contributed by atoms with van der Waals surface area (Å²) in [5.41, 5.74) is 3.68. The van der Waals surface area contributed by atoms with Gasteiger partial charge in [-0.3, -0.25) is 4.79 Å². The summed E-state index contributed by atoms with van der Waals surface area (Å²) in [6.45, 7) is 0. The third-order valence-corrected chi connectivity index (χ3v) is 2.63. The van der Waals surface area contributed by atoms with Crippen LogP contribution < -0.4 is 10.2 Å². The Morgan fingerprint density at radius 1 is 1.15 bits per heavy atom. The van der Waals surface area contributed by atoms with Crippen LogP contribution in [0.1, 0.15) is 15.9 Å². The zero-order valence-electron chi connectivity index (χ0n) is 10.9. The summed E-state index contributed by atoms with van der Waals surface area (Å²) in [4.78, 5) is 11.7. The van der Waals surface area contributed by atoms with Crippen molar-refractivity contribution in [1.29, 1.82) is 0 Å². The molecule has 0 saturated heterocycles. The van der Waals surface area contributed by atoms with Gasteiger partial charge in [-0.2, -0.15) is 5.10 Å². The molecule has 0 atom stereocenters. The van der Waals surface area contributed by atoms with Crippen molar-refractivity contribution in [3.8, 4) is 11.5 Å². The number of amides is 1. The van der Waals surface area contributed by atoms with Crippen molar-refractivity contribution in [1.82, 2.24) is 5.43 Å². The Bertz CT molecular complexity index is 604. The number of hydrogen-bond donors (Lipinski definition) is 2. The molecular formula is C15H14N2O3. The van der Waals surface area contributed by atoms with Gasteiger partial charge in [0.1, 0.15) is 11.5 Å². The lowest BCUT2D eigenvalue weighted by Gasteiger charge is -2.00. The quantitative estimate of drug-likeness (QED) is 0.660. The van der Waals surface area contributed by atoms with Crippen molar-refractivity contribution in [2.75, 3.05) is 7.11 Å². The molecule has 2 rings (SSSR count). The predicted octanol–water partition coefficient (Wildman–Crippen LogP) is 2.16. The molecule has 0 unspecified atom stereocenters. The first-order valence-corrected chi connectivity index (χ1v) is 5.95. The van der Waals surface area contributed by atoms with E-state index in [9.17, 15) is 4.79 Å². The molecule has 0 bridgehead atoms. The highest BCUT2D eigenvalue weighted by Gasteiger charge is 2.03. The topological polar surface area (TPSA) is 70.9 Å². The normalized spacial score (nSPS) is 10.4. The molecule has 0 aliphatic rings. The van der Waals surface area contributed by atoms with Gasteiger partial charge in [0.2, 0.25) is 0 Å². The minimum absolute atomic E-state index is 0.114. The van der Waals surface area contributed by atoms with E-state index in [-0.39, 0.29) is 11.7 Å². The fraction of sp³-hybridized carbons (Fsp3) is 0.0667. The summed E-state index contributed by atoms with van der Waals surface area (Å²) >= 11 is 0. The van der Waals surface area contributed by atoms with E-state index in [0.29, 0.717) is 5.56 Å². The number of carbonyl (C=O) groups is 1. The van der Waals surface area contributed by atoms with Crippen LogP contribution >= 0.6 is 0 Å². The number of benzene rings is 2. The van der Waals surface area contributed by atoms with Crippen LogP contribution in [0, 0.1) is 0 Å². The van der Waals surface area contributed by atoms with Crippen molar-refractivity contribution in [2.45, 2.75) is 0 Å². The Hall–Kier alpha value is -2.82. The van der Waals surface area contributed by atoms with Gasteiger partial charge < -0.3 is 9.84 Å². The third kappa shape index (κ3) is 3.58. The highest BCUT2D eigenvalue weighted by atomic mass is 16.5. The van der Waals surface area contributed by atoms with E-state index in [1.807, 2.05) is 24.3 Å². The molecule has 0 aliphatic heterocycles. The van der Waals surface area contributed by atoms with Crippen LogP contribution in [0.25, 0.3) is 0 Å². The van der Waals surface area contributed by atoms with E-state index in [0.717, 1.165) is 11.3 Å². The summed E-state index contributed by atoms with van der Waals surface area (Å²) in [6.07, 6.45) is 1.54. The second-order valence-corrected chi connectivity index (χ2v) is 4.02. The number of carbonyl (C=O) groups excluding carboxylic acids is 1. The Morgan fingerprint density at radius 3 is 2.40 bits per heavy atom. The number of nitrogens with one attached hydrogen (secondary N) is 1. The number of hydrazone groups is 1. The summed E-state index contributed by atoms with van der Waals surface area (Å²) < 4.78 is 5.04. The van der Waals surface area contributed by atoms with Crippen LogP contribution in [0.15, 0.2) is 53.6 Å². The Morgan fingerprint density at radius 2 is 1.80 bits per heavy atom. The van der Waals surface area contributed by atoms with Crippen LogP contribution in [-0.2, 0) is 0 Å². The van der Waals surface area contributed by atoms with E-state index >= 15 is 0 Å². The van der Waals surface area contributed by atoms with E-state index in [1.54, 1.807) is 7.11 Å². The molecule has 0 aliphatic carbocycles. The van der Waals surface area contributed by atoms with Crippen molar-refractivity contribution >= 4 is 12.1 Å². The van der Waals surface area contributed by atoms with Gasteiger partial charge in [0, 0.05) is 5.56 Å². The fourth-order valence-electron chi connectivity index (χ4n) is 1.53. The van der Waals surface area contributed by atoms with Gasteiger partial charge in [0.05, 0.1) is 13.3 Å². The Balaban J connectivity index is 1.95. The maximum atomic E-state index is 11.7. The second-order valence-electron chi connectivity index (χ2n) is 4.02. The lowest BCUT2D eigenvalue weighted by atomic mass is 10.2. The first kappa shape index (κ1) is 13.6. The highest BCUT2D eigenvalue weighted by Crippen LogP contribution is 2.10. The van der Waals surface area contributed by atoms with E-state index < -0.39 is 0 Å². The molecule has 1 amide bonds. The summed E-state index contributed by atoms with van der Waals surface area (Å²) in [7, 11) is 1.60. The Labute approximate surface area is 116 Å². The van der Waals surface area contributed by atoms with Gasteiger partial charge in [0.15, 0.2) is 0 Å². The number of phenolic OH excluding ortho intramolecular Hbond substituents is 1. The maximum absolute atomic E-state index is 11.7. The first-order valence-electron chi connectivity index (χ1n) is 5.95. The number of hydrogen-bond acceptors (Lipinski definition) is 4. The fourth-order valence-corrected chi connectivity index (χ4v) is 1.53. The van der Waals surface area contributed by atoms with Crippen molar-refractivity contribution < 1.29 is 14.6 Å². The smallest absolute Gasteiger partial charge is 0.271 e. The van der Waals surface area contributed by atoms with Gasteiger partial charge in [-0.15, -0.1) is 0 Å². The lowest BCUT2D eigenvalue weighted by molar-refractivity contribution is 0.0955. The van der Waals surface area contributed by atoms with E-state index in [4.69, 9.17) is 9.84 Å². The van der Waals surface area contributed by atoms with Crippen LogP contribution in [0.5, 0.6) is 11.5 Å². The molecule has 0 aromatic heterocycles. The van der Waals surface area contributed by atoms with Gasteiger partial charge in [-0.05, 0) is 54.1 Å².